The Morgan fingerprint density at radius 3 is 2.39 bits per heavy atom. The number of ether oxygens (including phenoxy) is 3. The Kier molecular flexibility index (Phi) is 6.61. The highest BCUT2D eigenvalue weighted by Gasteiger charge is 2.42. The van der Waals surface area contributed by atoms with Crippen LogP contribution in [0.3, 0.4) is 0 Å². The predicted octanol–water partition coefficient (Wildman–Crippen LogP) is 4.98. The molecule has 160 valence electrons. The number of thioether (sulfide) groups is 1. The van der Waals surface area contributed by atoms with Gasteiger partial charge in [-0.05, 0) is 58.8 Å². The van der Waals surface area contributed by atoms with Gasteiger partial charge in [0.2, 0.25) is 0 Å². The molecule has 4 rings (SSSR count). The van der Waals surface area contributed by atoms with Gasteiger partial charge >= 0.3 is 5.97 Å². The van der Waals surface area contributed by atoms with Crippen LogP contribution in [0.25, 0.3) is 11.1 Å². The first-order chi connectivity index (χ1) is 15.1. The summed E-state index contributed by atoms with van der Waals surface area (Å²) in [5, 5.41) is 8.89. The summed E-state index contributed by atoms with van der Waals surface area (Å²) >= 11 is 1.73. The summed E-state index contributed by atoms with van der Waals surface area (Å²) in [6.07, 6.45) is 2.07. The van der Waals surface area contributed by atoms with Gasteiger partial charge in [0, 0.05) is 4.90 Å². The normalized spacial score (nSPS) is 14.6. The third-order valence-electron chi connectivity index (χ3n) is 5.28. The van der Waals surface area contributed by atoms with E-state index in [9.17, 15) is 4.79 Å². The Hall–Kier alpha value is -2.80. The van der Waals surface area contributed by atoms with Crippen LogP contribution in [-0.4, -0.2) is 37.2 Å². The van der Waals surface area contributed by atoms with E-state index < -0.39 is 11.6 Å². The standard InChI is InChI=1S/C25H24O5S/c1-31-23-11-5-19(6-12-23)20-4-2-3-18(13-20)14-29-22-9-7-21(8-10-22)25(16-28-17-25)30-15-24(26)27/h2-13H,14-17H2,1H3,(H,26,27). The number of aliphatic carboxylic acids is 1. The molecule has 0 spiro atoms. The fraction of sp³-hybridized carbons (Fsp3) is 0.240. The second-order valence-corrected chi connectivity index (χ2v) is 8.29. The molecule has 3 aromatic carbocycles. The lowest BCUT2D eigenvalue weighted by Crippen LogP contribution is -2.49. The van der Waals surface area contributed by atoms with Crippen LogP contribution in [0.2, 0.25) is 0 Å². The fourth-order valence-corrected chi connectivity index (χ4v) is 3.87. The summed E-state index contributed by atoms with van der Waals surface area (Å²) in [4.78, 5) is 12.1. The van der Waals surface area contributed by atoms with E-state index in [1.807, 2.05) is 30.3 Å². The summed E-state index contributed by atoms with van der Waals surface area (Å²) in [5.41, 5.74) is 3.63. The molecule has 0 unspecified atom stereocenters. The van der Waals surface area contributed by atoms with Gasteiger partial charge in [0.05, 0.1) is 13.2 Å². The molecular weight excluding hydrogens is 412 g/mol. The summed E-state index contributed by atoms with van der Waals surface area (Å²) in [5.74, 6) is -0.249. The first kappa shape index (κ1) is 21.4. The number of rotatable bonds is 9. The van der Waals surface area contributed by atoms with Crippen LogP contribution >= 0.6 is 11.8 Å². The van der Waals surface area contributed by atoms with Crippen molar-refractivity contribution in [2.45, 2.75) is 17.1 Å². The van der Waals surface area contributed by atoms with Crippen molar-refractivity contribution in [1.82, 2.24) is 0 Å². The number of carboxylic acid groups (broad SMARTS) is 1. The predicted molar refractivity (Wildman–Crippen MR) is 121 cm³/mol. The molecule has 1 heterocycles. The van der Waals surface area contributed by atoms with Gasteiger partial charge in [0.25, 0.3) is 0 Å². The topological polar surface area (TPSA) is 65.0 Å². The maximum Gasteiger partial charge on any atom is 0.329 e. The summed E-state index contributed by atoms with van der Waals surface area (Å²) in [6.45, 7) is 0.814. The largest absolute Gasteiger partial charge is 0.489 e. The lowest BCUT2D eigenvalue weighted by Gasteiger charge is -2.41. The first-order valence-electron chi connectivity index (χ1n) is 9.98. The van der Waals surface area contributed by atoms with Gasteiger partial charge in [-0.2, -0.15) is 0 Å². The molecule has 3 aromatic rings. The fourth-order valence-electron chi connectivity index (χ4n) is 3.47. The van der Waals surface area contributed by atoms with Crippen molar-refractivity contribution in [2.75, 3.05) is 26.1 Å². The Bertz CT molecular complexity index is 1030. The molecule has 5 nitrogen and oxygen atoms in total. The van der Waals surface area contributed by atoms with Gasteiger partial charge in [0.1, 0.15) is 24.6 Å². The smallest absolute Gasteiger partial charge is 0.329 e. The minimum absolute atomic E-state index is 0.349. The molecule has 0 atom stereocenters. The van der Waals surface area contributed by atoms with Crippen LogP contribution < -0.4 is 4.74 Å². The number of hydrogen-bond acceptors (Lipinski definition) is 5. The van der Waals surface area contributed by atoms with Crippen LogP contribution in [0, 0.1) is 0 Å². The van der Waals surface area contributed by atoms with Gasteiger partial charge in [-0.15, -0.1) is 11.8 Å². The average Bonchev–Trinajstić information content (AvgIpc) is 2.78. The molecule has 1 aliphatic rings. The van der Waals surface area contributed by atoms with Gasteiger partial charge in [-0.1, -0.05) is 42.5 Å². The molecule has 0 radical (unpaired) electrons. The second kappa shape index (κ2) is 9.56. The molecule has 0 aromatic heterocycles. The highest BCUT2D eigenvalue weighted by Crippen LogP contribution is 2.34. The Labute approximate surface area is 186 Å². The van der Waals surface area contributed by atoms with Gasteiger partial charge in [0.15, 0.2) is 0 Å². The van der Waals surface area contributed by atoms with Crippen molar-refractivity contribution in [3.05, 3.63) is 83.9 Å². The van der Waals surface area contributed by atoms with Crippen molar-refractivity contribution < 1.29 is 24.1 Å². The van der Waals surface area contributed by atoms with Gasteiger partial charge in [-0.3, -0.25) is 0 Å². The summed E-state index contributed by atoms with van der Waals surface area (Å²) in [7, 11) is 0. The highest BCUT2D eigenvalue weighted by atomic mass is 32.2. The monoisotopic (exact) mass is 436 g/mol. The van der Waals surface area contributed by atoms with E-state index in [0.717, 1.165) is 22.4 Å². The zero-order chi connectivity index (χ0) is 21.7. The Morgan fingerprint density at radius 1 is 1.03 bits per heavy atom. The summed E-state index contributed by atoms with van der Waals surface area (Å²) in [6, 6.07) is 24.4. The molecule has 0 saturated carbocycles. The lowest BCUT2D eigenvalue weighted by atomic mass is 9.91. The third kappa shape index (κ3) is 5.10. The van der Waals surface area contributed by atoms with E-state index in [0.29, 0.717) is 19.8 Å². The van der Waals surface area contributed by atoms with E-state index >= 15 is 0 Å². The van der Waals surface area contributed by atoms with Crippen LogP contribution in [-0.2, 0) is 26.5 Å². The van der Waals surface area contributed by atoms with Crippen LogP contribution in [0.1, 0.15) is 11.1 Å². The molecule has 0 amide bonds. The van der Waals surface area contributed by atoms with Crippen LogP contribution in [0.15, 0.2) is 77.7 Å². The maximum atomic E-state index is 10.8. The Balaban J connectivity index is 1.40. The van der Waals surface area contributed by atoms with Crippen molar-refractivity contribution in [3.63, 3.8) is 0 Å². The SMILES string of the molecule is CSc1ccc(-c2cccc(COc3ccc(C4(OCC(=O)O)COC4)cc3)c2)cc1. The van der Waals surface area contributed by atoms with Crippen LogP contribution in [0.5, 0.6) is 5.75 Å². The number of benzene rings is 3. The van der Waals surface area contributed by atoms with E-state index in [1.165, 1.54) is 10.5 Å². The molecule has 1 aliphatic heterocycles. The average molecular weight is 437 g/mol. The first-order valence-corrected chi connectivity index (χ1v) is 11.2. The van der Waals surface area contributed by atoms with Gasteiger partial charge < -0.3 is 19.3 Å². The van der Waals surface area contributed by atoms with Crippen LogP contribution in [0.4, 0.5) is 0 Å². The second-order valence-electron chi connectivity index (χ2n) is 7.41. The minimum Gasteiger partial charge on any atom is -0.489 e. The third-order valence-corrected chi connectivity index (χ3v) is 6.02. The molecule has 0 bridgehead atoms. The Morgan fingerprint density at radius 2 is 1.77 bits per heavy atom. The molecule has 1 saturated heterocycles. The lowest BCUT2D eigenvalue weighted by molar-refractivity contribution is -0.220. The molecule has 31 heavy (non-hydrogen) atoms. The highest BCUT2D eigenvalue weighted by molar-refractivity contribution is 7.98. The zero-order valence-electron chi connectivity index (χ0n) is 17.2. The minimum atomic E-state index is -0.992. The molecule has 1 N–H and O–H groups in total. The molecular formula is C25H24O5S. The van der Waals surface area contributed by atoms with E-state index in [-0.39, 0.29) is 6.61 Å². The maximum absolute atomic E-state index is 10.8. The number of hydrogen-bond donors (Lipinski definition) is 1. The van der Waals surface area contributed by atoms with Crippen molar-refractivity contribution in [2.24, 2.45) is 0 Å². The molecule has 6 heteroatoms. The summed E-state index contributed by atoms with van der Waals surface area (Å²) < 4.78 is 16.8. The molecule has 0 aliphatic carbocycles. The zero-order valence-corrected chi connectivity index (χ0v) is 18.1. The van der Waals surface area contributed by atoms with Crippen molar-refractivity contribution in [3.8, 4) is 16.9 Å². The van der Waals surface area contributed by atoms with E-state index in [4.69, 9.17) is 19.3 Å². The number of carbonyl (C=O) groups is 1. The van der Waals surface area contributed by atoms with Crippen molar-refractivity contribution in [1.29, 1.82) is 0 Å². The van der Waals surface area contributed by atoms with E-state index in [1.54, 1.807) is 11.8 Å². The van der Waals surface area contributed by atoms with E-state index in [2.05, 4.69) is 48.7 Å². The quantitative estimate of drug-likeness (QED) is 0.477. The number of carboxylic acids is 1. The van der Waals surface area contributed by atoms with Gasteiger partial charge in [-0.25, -0.2) is 4.79 Å². The van der Waals surface area contributed by atoms with Crippen molar-refractivity contribution >= 4 is 17.7 Å². The molecule has 1 fully saturated rings.